The lowest BCUT2D eigenvalue weighted by atomic mass is 10.1. The molecule has 1 fully saturated rings. The maximum absolute atomic E-state index is 12.0. The van der Waals surface area contributed by atoms with E-state index in [1.54, 1.807) is 0 Å². The lowest BCUT2D eigenvalue weighted by molar-refractivity contribution is -0.146. The van der Waals surface area contributed by atoms with Crippen LogP contribution in [-0.4, -0.2) is 42.6 Å². The van der Waals surface area contributed by atoms with Crippen LogP contribution in [-0.2, 0) is 9.53 Å². The number of hydrogen-bond donors (Lipinski definition) is 1. The minimum atomic E-state index is -0.187. The molecule has 1 rings (SSSR count). The first kappa shape index (κ1) is 17.7. The Balaban J connectivity index is 0.00000289. The summed E-state index contributed by atoms with van der Waals surface area (Å²) in [4.78, 5) is 13.9. The average molecular weight is 279 g/mol. The Bertz CT molecular complexity index is 247. The fourth-order valence-corrected chi connectivity index (χ4v) is 2.16. The van der Waals surface area contributed by atoms with Crippen LogP contribution in [0.4, 0.5) is 0 Å². The molecular formula is C13H27ClN2O2. The molecule has 1 saturated heterocycles. The number of rotatable bonds is 6. The molecule has 1 aliphatic heterocycles. The molecule has 2 N–H and O–H groups in total. The lowest BCUT2D eigenvalue weighted by Gasteiger charge is -2.38. The van der Waals surface area contributed by atoms with Gasteiger partial charge in [0.15, 0.2) is 0 Å². The first-order valence-corrected chi connectivity index (χ1v) is 6.67. The predicted molar refractivity (Wildman–Crippen MR) is 76.0 cm³/mol. The zero-order valence-electron chi connectivity index (χ0n) is 11.6. The molecule has 0 bridgehead atoms. The number of halogens is 1. The number of morpholine rings is 1. The summed E-state index contributed by atoms with van der Waals surface area (Å²) in [7, 11) is 0. The Morgan fingerprint density at radius 3 is 2.56 bits per heavy atom. The van der Waals surface area contributed by atoms with Crippen molar-refractivity contribution in [2.24, 2.45) is 5.73 Å². The van der Waals surface area contributed by atoms with Crippen molar-refractivity contribution in [1.82, 2.24) is 4.90 Å². The Morgan fingerprint density at radius 1 is 1.28 bits per heavy atom. The zero-order valence-corrected chi connectivity index (χ0v) is 12.4. The van der Waals surface area contributed by atoms with Gasteiger partial charge in [-0.3, -0.25) is 4.79 Å². The maximum atomic E-state index is 12.0. The van der Waals surface area contributed by atoms with Gasteiger partial charge in [-0.1, -0.05) is 12.8 Å². The summed E-state index contributed by atoms with van der Waals surface area (Å²) in [6.07, 6.45) is 4.96. The highest BCUT2D eigenvalue weighted by molar-refractivity contribution is 5.85. The summed E-state index contributed by atoms with van der Waals surface area (Å²) in [6.45, 7) is 6.94. The summed E-state index contributed by atoms with van der Waals surface area (Å²) < 4.78 is 5.60. The molecule has 1 aliphatic rings. The highest BCUT2D eigenvalue weighted by Gasteiger charge is 2.29. The number of carbonyl (C=O) groups excluding carboxylic acids is 1. The van der Waals surface area contributed by atoms with Gasteiger partial charge in [0.05, 0.1) is 12.2 Å². The first-order chi connectivity index (χ1) is 8.05. The van der Waals surface area contributed by atoms with Gasteiger partial charge in [0.2, 0.25) is 5.91 Å². The molecule has 0 aromatic rings. The third-order valence-corrected chi connectivity index (χ3v) is 3.12. The fraction of sp³-hybridized carbons (Fsp3) is 0.923. The van der Waals surface area contributed by atoms with E-state index in [2.05, 4.69) is 0 Å². The molecular weight excluding hydrogens is 252 g/mol. The van der Waals surface area contributed by atoms with E-state index in [1.165, 1.54) is 0 Å². The van der Waals surface area contributed by atoms with Crippen molar-refractivity contribution < 1.29 is 9.53 Å². The Morgan fingerprint density at radius 2 is 1.94 bits per heavy atom. The van der Waals surface area contributed by atoms with Gasteiger partial charge < -0.3 is 15.4 Å². The van der Waals surface area contributed by atoms with Gasteiger partial charge in [0.1, 0.15) is 0 Å². The van der Waals surface area contributed by atoms with Gasteiger partial charge in [-0.25, -0.2) is 0 Å². The molecule has 4 nitrogen and oxygen atoms in total. The van der Waals surface area contributed by atoms with Crippen molar-refractivity contribution in [3.8, 4) is 0 Å². The monoisotopic (exact) mass is 278 g/mol. The van der Waals surface area contributed by atoms with Crippen molar-refractivity contribution in [1.29, 1.82) is 0 Å². The SMILES string of the molecule is CC1(C)CN(C(=O)CCCCCCN)CCO1.Cl. The summed E-state index contributed by atoms with van der Waals surface area (Å²) in [5, 5.41) is 0. The van der Waals surface area contributed by atoms with E-state index >= 15 is 0 Å². The number of nitrogens with two attached hydrogens (primary N) is 1. The van der Waals surface area contributed by atoms with E-state index in [9.17, 15) is 4.79 Å². The van der Waals surface area contributed by atoms with Crippen LogP contribution in [0.5, 0.6) is 0 Å². The van der Waals surface area contributed by atoms with Gasteiger partial charge in [0.25, 0.3) is 0 Å². The zero-order chi connectivity index (χ0) is 12.7. The third kappa shape index (κ3) is 6.57. The Labute approximate surface area is 117 Å². The van der Waals surface area contributed by atoms with E-state index in [0.29, 0.717) is 19.6 Å². The Kier molecular flexibility index (Phi) is 8.57. The van der Waals surface area contributed by atoms with Crippen molar-refractivity contribution in [2.75, 3.05) is 26.2 Å². The second-order valence-corrected chi connectivity index (χ2v) is 5.38. The lowest BCUT2D eigenvalue weighted by Crippen LogP contribution is -2.50. The molecule has 18 heavy (non-hydrogen) atoms. The molecule has 0 atom stereocenters. The number of hydrogen-bond acceptors (Lipinski definition) is 3. The molecule has 0 radical (unpaired) electrons. The maximum Gasteiger partial charge on any atom is 0.222 e. The summed E-state index contributed by atoms with van der Waals surface area (Å²) in [6, 6.07) is 0. The quantitative estimate of drug-likeness (QED) is 0.756. The van der Waals surface area contributed by atoms with E-state index in [-0.39, 0.29) is 23.9 Å². The number of ether oxygens (including phenoxy) is 1. The second-order valence-electron chi connectivity index (χ2n) is 5.38. The van der Waals surface area contributed by atoms with Crippen molar-refractivity contribution >= 4 is 18.3 Å². The molecule has 0 spiro atoms. The van der Waals surface area contributed by atoms with Crippen LogP contribution in [0.3, 0.4) is 0 Å². The van der Waals surface area contributed by atoms with Gasteiger partial charge >= 0.3 is 0 Å². The molecule has 1 amide bonds. The molecule has 0 unspecified atom stereocenters. The fourth-order valence-electron chi connectivity index (χ4n) is 2.16. The van der Waals surface area contributed by atoms with Gasteiger partial charge in [0, 0.05) is 19.5 Å². The summed E-state index contributed by atoms with van der Waals surface area (Å²) in [5.74, 6) is 0.272. The third-order valence-electron chi connectivity index (χ3n) is 3.12. The largest absolute Gasteiger partial charge is 0.372 e. The second kappa shape index (κ2) is 8.73. The van der Waals surface area contributed by atoms with Crippen LogP contribution in [0.1, 0.15) is 46.0 Å². The van der Waals surface area contributed by atoms with Gasteiger partial charge in [-0.2, -0.15) is 0 Å². The van der Waals surface area contributed by atoms with Gasteiger partial charge in [-0.05, 0) is 33.2 Å². The molecule has 0 aromatic carbocycles. The van der Waals surface area contributed by atoms with Crippen LogP contribution in [0.15, 0.2) is 0 Å². The molecule has 0 aliphatic carbocycles. The number of unbranched alkanes of at least 4 members (excludes halogenated alkanes) is 3. The van der Waals surface area contributed by atoms with Crippen LogP contribution in [0, 0.1) is 0 Å². The molecule has 5 heteroatoms. The normalized spacial score (nSPS) is 18.3. The van der Waals surface area contributed by atoms with Crippen LogP contribution < -0.4 is 5.73 Å². The number of carbonyl (C=O) groups is 1. The van der Waals surface area contributed by atoms with Crippen LogP contribution in [0.2, 0.25) is 0 Å². The van der Waals surface area contributed by atoms with Gasteiger partial charge in [-0.15, -0.1) is 12.4 Å². The average Bonchev–Trinajstić information content (AvgIpc) is 2.27. The minimum absolute atomic E-state index is 0. The van der Waals surface area contributed by atoms with Crippen molar-refractivity contribution in [3.05, 3.63) is 0 Å². The standard InChI is InChI=1S/C13H26N2O2.ClH/c1-13(2)11-15(9-10-17-13)12(16)7-5-3-4-6-8-14;/h3-11,14H2,1-2H3;1H. The van der Waals surface area contributed by atoms with E-state index in [0.717, 1.165) is 38.8 Å². The highest BCUT2D eigenvalue weighted by atomic mass is 35.5. The summed E-state index contributed by atoms with van der Waals surface area (Å²) in [5.41, 5.74) is 5.24. The Hall–Kier alpha value is -0.320. The highest BCUT2D eigenvalue weighted by Crippen LogP contribution is 2.17. The van der Waals surface area contributed by atoms with E-state index < -0.39 is 0 Å². The van der Waals surface area contributed by atoms with Crippen molar-refractivity contribution in [3.63, 3.8) is 0 Å². The topological polar surface area (TPSA) is 55.6 Å². The minimum Gasteiger partial charge on any atom is -0.372 e. The first-order valence-electron chi connectivity index (χ1n) is 6.67. The smallest absolute Gasteiger partial charge is 0.222 e. The number of nitrogens with zero attached hydrogens (tertiary/aromatic N) is 1. The van der Waals surface area contributed by atoms with Crippen LogP contribution >= 0.6 is 12.4 Å². The predicted octanol–water partition coefficient (Wildman–Crippen LogP) is 1.95. The molecule has 0 aromatic heterocycles. The summed E-state index contributed by atoms with van der Waals surface area (Å²) >= 11 is 0. The van der Waals surface area contributed by atoms with Crippen LogP contribution in [0.25, 0.3) is 0 Å². The molecule has 0 saturated carbocycles. The number of amides is 1. The van der Waals surface area contributed by atoms with Crippen molar-refractivity contribution in [2.45, 2.75) is 51.6 Å². The molecule has 108 valence electrons. The molecule has 1 heterocycles. The van der Waals surface area contributed by atoms with E-state index in [4.69, 9.17) is 10.5 Å². The van der Waals surface area contributed by atoms with E-state index in [1.807, 2.05) is 18.7 Å².